The smallest absolute Gasteiger partial charge is 0.252 e. The van der Waals surface area contributed by atoms with Gasteiger partial charge in [-0.1, -0.05) is 200 Å². The van der Waals surface area contributed by atoms with Gasteiger partial charge in [-0.2, -0.15) is 0 Å². The zero-order valence-corrected chi connectivity index (χ0v) is 43.0. The Morgan fingerprint density at radius 3 is 1.60 bits per heavy atom. The number of nitrogens with zero attached hydrogens (tertiary/aromatic N) is 3. The molecule has 0 aromatic heterocycles. The number of hydrogen-bond donors (Lipinski definition) is 0. The van der Waals surface area contributed by atoms with Crippen molar-refractivity contribution in [1.82, 2.24) is 0 Å². The Balaban J connectivity index is 1.18. The summed E-state index contributed by atoms with van der Waals surface area (Å²) in [5, 5.41) is 0. The van der Waals surface area contributed by atoms with E-state index in [9.17, 15) is 0 Å². The maximum atomic E-state index is 2.76. The van der Waals surface area contributed by atoms with Crippen LogP contribution in [0.4, 0.5) is 45.5 Å². The molecular formula is C68H62BN3. The molecule has 9 aromatic carbocycles. The van der Waals surface area contributed by atoms with Crippen LogP contribution in [0.1, 0.15) is 89.6 Å². The average molecular weight is 932 g/mol. The molecule has 2 atom stereocenters. The van der Waals surface area contributed by atoms with Gasteiger partial charge in [0.25, 0.3) is 6.71 Å². The quantitative estimate of drug-likeness (QED) is 0.159. The molecule has 3 aliphatic heterocycles. The van der Waals surface area contributed by atoms with Gasteiger partial charge in [-0.25, -0.2) is 0 Å². The van der Waals surface area contributed by atoms with Crippen LogP contribution in [0.3, 0.4) is 0 Å². The highest BCUT2D eigenvalue weighted by molar-refractivity contribution is 7.00. The summed E-state index contributed by atoms with van der Waals surface area (Å²) in [6.45, 7) is 19.1. The van der Waals surface area contributed by atoms with E-state index in [1.807, 2.05) is 0 Å². The number of rotatable bonds is 5. The number of fused-ring (bicyclic) bond motifs is 9. The lowest BCUT2D eigenvalue weighted by Crippen LogP contribution is -2.61. The van der Waals surface area contributed by atoms with Crippen molar-refractivity contribution in [2.75, 3.05) is 14.7 Å². The highest BCUT2D eigenvalue weighted by Crippen LogP contribution is 2.64. The molecule has 0 radical (unpaired) electrons. The molecule has 4 aliphatic rings. The summed E-state index contributed by atoms with van der Waals surface area (Å²) >= 11 is 0. The molecule has 0 saturated carbocycles. The van der Waals surface area contributed by atoms with E-state index in [0.29, 0.717) is 0 Å². The zero-order valence-electron chi connectivity index (χ0n) is 43.0. The second-order valence-corrected chi connectivity index (χ2v) is 23.3. The second-order valence-electron chi connectivity index (χ2n) is 23.3. The molecule has 0 N–H and O–H groups in total. The lowest BCUT2D eigenvalue weighted by atomic mass is 9.33. The van der Waals surface area contributed by atoms with Gasteiger partial charge in [0.2, 0.25) is 0 Å². The molecule has 9 aromatic rings. The summed E-state index contributed by atoms with van der Waals surface area (Å²) in [6.07, 6.45) is 2.12. The van der Waals surface area contributed by atoms with Gasteiger partial charge in [0, 0.05) is 50.9 Å². The van der Waals surface area contributed by atoms with Crippen molar-refractivity contribution in [3.8, 4) is 22.3 Å². The van der Waals surface area contributed by atoms with Crippen molar-refractivity contribution >= 4 is 68.6 Å². The van der Waals surface area contributed by atoms with Gasteiger partial charge in [-0.15, -0.1) is 0 Å². The van der Waals surface area contributed by atoms with Crippen LogP contribution in [-0.4, -0.2) is 6.71 Å². The first-order valence-electron chi connectivity index (χ1n) is 26.1. The maximum Gasteiger partial charge on any atom is 0.252 e. The van der Waals surface area contributed by atoms with Crippen LogP contribution in [0.15, 0.2) is 206 Å². The minimum absolute atomic E-state index is 0.0365. The monoisotopic (exact) mass is 932 g/mol. The Morgan fingerprint density at radius 1 is 0.403 bits per heavy atom. The predicted octanol–water partition coefficient (Wildman–Crippen LogP) is 16.0. The summed E-state index contributed by atoms with van der Waals surface area (Å²) < 4.78 is 0. The molecule has 0 bridgehead atoms. The van der Waals surface area contributed by atoms with Crippen LogP contribution in [0.5, 0.6) is 0 Å². The summed E-state index contributed by atoms with van der Waals surface area (Å²) in [7, 11) is 0. The summed E-state index contributed by atoms with van der Waals surface area (Å²) in [4.78, 5) is 8.01. The van der Waals surface area contributed by atoms with E-state index in [0.717, 1.165) is 18.5 Å². The van der Waals surface area contributed by atoms with E-state index in [1.54, 1.807) is 0 Å². The van der Waals surface area contributed by atoms with E-state index in [-0.39, 0.29) is 28.5 Å². The van der Waals surface area contributed by atoms with Crippen LogP contribution in [0.25, 0.3) is 22.3 Å². The van der Waals surface area contributed by atoms with E-state index < -0.39 is 0 Å². The van der Waals surface area contributed by atoms with E-state index in [1.165, 1.54) is 106 Å². The molecule has 3 nitrogen and oxygen atoms in total. The fourth-order valence-electron chi connectivity index (χ4n) is 13.2. The number of anilines is 8. The van der Waals surface area contributed by atoms with Gasteiger partial charge in [-0.3, -0.25) is 0 Å². The number of aryl methyl sites for hydroxylation is 1. The molecule has 0 amide bonds. The van der Waals surface area contributed by atoms with Gasteiger partial charge in [0.05, 0.1) is 5.54 Å². The van der Waals surface area contributed by atoms with Crippen LogP contribution in [0.2, 0.25) is 0 Å². The lowest BCUT2D eigenvalue weighted by Gasteiger charge is -2.52. The predicted molar refractivity (Wildman–Crippen MR) is 307 cm³/mol. The van der Waals surface area contributed by atoms with Crippen LogP contribution in [0, 0.1) is 0 Å². The molecule has 352 valence electrons. The molecule has 2 unspecified atom stereocenters. The fraction of sp³-hybridized carbons (Fsp3) is 0.206. The average Bonchev–Trinajstić information content (AvgIpc) is 3.61. The molecule has 0 spiro atoms. The Morgan fingerprint density at radius 2 is 0.931 bits per heavy atom. The van der Waals surface area contributed by atoms with Gasteiger partial charge < -0.3 is 14.7 Å². The SMILES string of the molecule is CC(C)(C)c1cccc(N2c3cc(C(C)(C)C)ccc3B3c4ccc(-c5ccccc5)cc4N(c4cccc(-c5ccccc5)c4)c4cc(N5c6ccccc6C6(C)CCc7ccccc7C56C)cc2c43)c1. The van der Waals surface area contributed by atoms with Gasteiger partial charge in [-0.05, 0) is 152 Å². The van der Waals surface area contributed by atoms with Gasteiger partial charge in [0.1, 0.15) is 0 Å². The van der Waals surface area contributed by atoms with Crippen molar-refractivity contribution in [3.05, 3.63) is 234 Å². The molecule has 1 aliphatic carbocycles. The van der Waals surface area contributed by atoms with Crippen molar-refractivity contribution < 1.29 is 0 Å². The summed E-state index contributed by atoms with van der Waals surface area (Å²) in [5.74, 6) is 0. The van der Waals surface area contributed by atoms with E-state index >= 15 is 0 Å². The molecule has 3 heterocycles. The Labute approximate surface area is 427 Å². The molecule has 13 rings (SSSR count). The normalized spacial score (nSPS) is 18.4. The van der Waals surface area contributed by atoms with Crippen molar-refractivity contribution in [3.63, 3.8) is 0 Å². The molecular weight excluding hydrogens is 870 g/mol. The highest BCUT2D eigenvalue weighted by Gasteiger charge is 2.60. The summed E-state index contributed by atoms with van der Waals surface area (Å²) in [6, 6.07) is 78.8. The molecule has 72 heavy (non-hydrogen) atoms. The highest BCUT2D eigenvalue weighted by atomic mass is 15.3. The third-order valence-electron chi connectivity index (χ3n) is 17.2. The van der Waals surface area contributed by atoms with Crippen molar-refractivity contribution in [1.29, 1.82) is 0 Å². The van der Waals surface area contributed by atoms with Crippen LogP contribution >= 0.6 is 0 Å². The Bertz CT molecular complexity index is 3620. The summed E-state index contributed by atoms with van der Waals surface area (Å²) in [5.41, 5.74) is 24.7. The van der Waals surface area contributed by atoms with Gasteiger partial charge in [0.15, 0.2) is 0 Å². The Kier molecular flexibility index (Phi) is 9.85. The maximum absolute atomic E-state index is 2.76. The number of hydrogen-bond acceptors (Lipinski definition) is 3. The van der Waals surface area contributed by atoms with Crippen molar-refractivity contribution in [2.24, 2.45) is 0 Å². The Hall–Kier alpha value is -7.56. The number of benzene rings is 9. The van der Waals surface area contributed by atoms with Crippen LogP contribution in [-0.2, 0) is 28.2 Å². The minimum Gasteiger partial charge on any atom is -0.330 e. The van der Waals surface area contributed by atoms with E-state index in [4.69, 9.17) is 0 Å². The first-order valence-corrected chi connectivity index (χ1v) is 26.1. The first kappa shape index (κ1) is 44.4. The molecule has 0 fully saturated rings. The lowest BCUT2D eigenvalue weighted by molar-refractivity contribution is 0.245. The zero-order chi connectivity index (χ0) is 49.3. The first-order chi connectivity index (χ1) is 34.7. The molecule has 4 heteroatoms. The minimum atomic E-state index is -0.389. The van der Waals surface area contributed by atoms with Crippen LogP contribution < -0.4 is 31.1 Å². The van der Waals surface area contributed by atoms with Gasteiger partial charge >= 0.3 is 0 Å². The third kappa shape index (κ3) is 6.57. The second kappa shape index (κ2) is 16.0. The third-order valence-corrected chi connectivity index (χ3v) is 17.2. The van der Waals surface area contributed by atoms with E-state index in [2.05, 4.69) is 276 Å². The largest absolute Gasteiger partial charge is 0.330 e. The standard InChI is InChI=1S/C68H62BN3/c1-65(2,3)50-27-20-29-53(41-50)71-61-42-51(66(4,5)6)34-36-58(61)69-57-35-33-49(46-23-13-10-14-24-46)40-60(57)70(52-28-19-26-48(39-52)45-21-11-9-12-22-45)62-43-54(44-63(71)64(62)69)72-59-32-18-17-31-56(59)67(7)38-37-47-25-15-16-30-55(47)68(67,72)8/h9-36,39-44H,37-38H2,1-8H3. The number of para-hydroxylation sites is 1. The van der Waals surface area contributed by atoms with Crippen molar-refractivity contribution in [2.45, 2.75) is 90.0 Å². The fourth-order valence-corrected chi connectivity index (χ4v) is 13.2. The topological polar surface area (TPSA) is 9.72 Å². The molecule has 0 saturated heterocycles.